The molecule has 7 nitrogen and oxygen atoms in total. The summed E-state index contributed by atoms with van der Waals surface area (Å²) in [5.41, 5.74) is 1.80. The van der Waals surface area contributed by atoms with Gasteiger partial charge in [-0.25, -0.2) is 12.8 Å². The normalized spacial score (nSPS) is 11.1. The zero-order valence-electron chi connectivity index (χ0n) is 14.8. The Bertz CT molecular complexity index is 943. The van der Waals surface area contributed by atoms with E-state index in [0.29, 0.717) is 5.56 Å². The molecule has 0 unspecified atom stereocenters. The zero-order chi connectivity index (χ0) is 20.0. The number of benzene rings is 2. The van der Waals surface area contributed by atoms with Gasteiger partial charge >= 0.3 is 5.97 Å². The molecule has 2 aromatic carbocycles. The molecule has 144 valence electrons. The summed E-state index contributed by atoms with van der Waals surface area (Å²) in [4.78, 5) is 23.5. The van der Waals surface area contributed by atoms with Gasteiger partial charge in [0.15, 0.2) is 6.61 Å². The molecule has 0 aliphatic heterocycles. The smallest absolute Gasteiger partial charge is 0.321 e. The molecule has 0 saturated carbocycles. The fourth-order valence-corrected chi connectivity index (χ4v) is 3.04. The number of carbonyl (C=O) groups is 2. The van der Waals surface area contributed by atoms with Crippen molar-refractivity contribution in [3.63, 3.8) is 0 Å². The van der Waals surface area contributed by atoms with Crippen LogP contribution in [0.3, 0.4) is 0 Å². The Kier molecular flexibility index (Phi) is 6.65. The summed E-state index contributed by atoms with van der Waals surface area (Å²) in [7, 11) is -3.86. The van der Waals surface area contributed by atoms with Crippen LogP contribution in [0.1, 0.15) is 11.1 Å². The van der Waals surface area contributed by atoms with Gasteiger partial charge in [-0.2, -0.15) is 4.72 Å². The maximum absolute atomic E-state index is 13.2. The van der Waals surface area contributed by atoms with Crippen LogP contribution in [0.15, 0.2) is 47.4 Å². The summed E-state index contributed by atoms with van der Waals surface area (Å²) < 4.78 is 44.1. The van der Waals surface area contributed by atoms with E-state index >= 15 is 0 Å². The first-order valence-corrected chi connectivity index (χ1v) is 9.43. The number of carbonyl (C=O) groups excluding carboxylic acids is 2. The van der Waals surface area contributed by atoms with E-state index in [2.05, 4.69) is 10.0 Å². The third kappa shape index (κ3) is 6.15. The van der Waals surface area contributed by atoms with Crippen molar-refractivity contribution in [1.29, 1.82) is 0 Å². The molecule has 0 radical (unpaired) electrons. The van der Waals surface area contributed by atoms with Gasteiger partial charge in [0, 0.05) is 5.69 Å². The highest BCUT2D eigenvalue weighted by Gasteiger charge is 2.16. The van der Waals surface area contributed by atoms with Crippen LogP contribution in [-0.4, -0.2) is 33.4 Å². The SMILES string of the molecule is Cc1ccc(S(=O)(=O)NCC(=O)OCC(=O)Nc2cc(F)ccc2C)cc1. The predicted octanol–water partition coefficient (Wildman–Crippen LogP) is 1.90. The quantitative estimate of drug-likeness (QED) is 0.699. The molecule has 2 N–H and O–H groups in total. The van der Waals surface area contributed by atoms with Crippen molar-refractivity contribution in [3.05, 3.63) is 59.4 Å². The van der Waals surface area contributed by atoms with Crippen molar-refractivity contribution < 1.29 is 27.1 Å². The lowest BCUT2D eigenvalue weighted by molar-refractivity contribution is -0.146. The highest BCUT2D eigenvalue weighted by atomic mass is 32.2. The number of nitrogens with one attached hydrogen (secondary N) is 2. The maximum atomic E-state index is 13.2. The van der Waals surface area contributed by atoms with E-state index in [-0.39, 0.29) is 10.6 Å². The van der Waals surface area contributed by atoms with E-state index in [1.54, 1.807) is 19.1 Å². The molecule has 1 amide bonds. The number of sulfonamides is 1. The van der Waals surface area contributed by atoms with Gasteiger partial charge in [0.1, 0.15) is 12.4 Å². The number of hydrogen-bond donors (Lipinski definition) is 2. The lowest BCUT2D eigenvalue weighted by Crippen LogP contribution is -2.32. The molecular formula is C18H19FN2O5S. The monoisotopic (exact) mass is 394 g/mol. The first-order valence-electron chi connectivity index (χ1n) is 7.95. The molecule has 0 spiro atoms. The van der Waals surface area contributed by atoms with Crippen LogP contribution in [0.2, 0.25) is 0 Å². The number of hydrogen-bond acceptors (Lipinski definition) is 5. The van der Waals surface area contributed by atoms with Gasteiger partial charge in [-0.3, -0.25) is 9.59 Å². The van der Waals surface area contributed by atoms with E-state index in [0.717, 1.165) is 11.6 Å². The van der Waals surface area contributed by atoms with Crippen LogP contribution in [-0.2, 0) is 24.3 Å². The standard InChI is InChI=1S/C18H19FN2O5S/c1-12-3-7-15(8-4-12)27(24,25)20-10-18(23)26-11-17(22)21-16-9-14(19)6-5-13(16)2/h3-9,20H,10-11H2,1-2H3,(H,21,22). The first-order chi connectivity index (χ1) is 12.7. The highest BCUT2D eigenvalue weighted by Crippen LogP contribution is 2.15. The number of amides is 1. The molecule has 2 aromatic rings. The van der Waals surface area contributed by atoms with Crippen LogP contribution in [0.5, 0.6) is 0 Å². The predicted molar refractivity (Wildman–Crippen MR) is 97.1 cm³/mol. The molecule has 0 bridgehead atoms. The second-order valence-electron chi connectivity index (χ2n) is 5.81. The Morgan fingerprint density at radius 3 is 2.41 bits per heavy atom. The molecule has 0 aliphatic carbocycles. The van der Waals surface area contributed by atoms with Gasteiger partial charge in [0.25, 0.3) is 5.91 Å². The highest BCUT2D eigenvalue weighted by molar-refractivity contribution is 7.89. The van der Waals surface area contributed by atoms with Crippen molar-refractivity contribution in [2.75, 3.05) is 18.5 Å². The second kappa shape index (κ2) is 8.74. The lowest BCUT2D eigenvalue weighted by atomic mass is 10.2. The minimum Gasteiger partial charge on any atom is -0.455 e. The molecule has 0 heterocycles. The summed E-state index contributed by atoms with van der Waals surface area (Å²) in [6.07, 6.45) is 0. The van der Waals surface area contributed by atoms with Crippen molar-refractivity contribution in [2.45, 2.75) is 18.7 Å². The Hall–Kier alpha value is -2.78. The zero-order valence-corrected chi connectivity index (χ0v) is 15.6. The number of esters is 1. The van der Waals surface area contributed by atoms with Gasteiger partial charge in [0.2, 0.25) is 10.0 Å². The van der Waals surface area contributed by atoms with E-state index in [4.69, 9.17) is 4.74 Å². The minimum absolute atomic E-state index is 0.0141. The first kappa shape index (κ1) is 20.5. The van der Waals surface area contributed by atoms with E-state index in [1.165, 1.54) is 24.3 Å². The third-order valence-electron chi connectivity index (χ3n) is 3.58. The summed E-state index contributed by atoms with van der Waals surface area (Å²) in [5.74, 6) is -2.10. The van der Waals surface area contributed by atoms with Gasteiger partial charge < -0.3 is 10.1 Å². The van der Waals surface area contributed by atoms with Crippen molar-refractivity contribution in [2.24, 2.45) is 0 Å². The number of aryl methyl sites for hydroxylation is 2. The van der Waals surface area contributed by atoms with Crippen molar-refractivity contribution >= 4 is 27.6 Å². The molecule has 0 atom stereocenters. The van der Waals surface area contributed by atoms with E-state index < -0.39 is 40.9 Å². The lowest BCUT2D eigenvalue weighted by Gasteiger charge is -2.10. The second-order valence-corrected chi connectivity index (χ2v) is 7.57. The fraction of sp³-hybridized carbons (Fsp3) is 0.222. The molecule has 0 saturated heterocycles. The summed E-state index contributed by atoms with van der Waals surface area (Å²) in [5, 5.41) is 2.42. The largest absolute Gasteiger partial charge is 0.455 e. The Balaban J connectivity index is 1.82. The van der Waals surface area contributed by atoms with Crippen LogP contribution in [0.25, 0.3) is 0 Å². The van der Waals surface area contributed by atoms with Gasteiger partial charge in [-0.15, -0.1) is 0 Å². The summed E-state index contributed by atoms with van der Waals surface area (Å²) in [6, 6.07) is 9.99. The number of rotatable bonds is 7. The molecular weight excluding hydrogens is 375 g/mol. The van der Waals surface area contributed by atoms with Crippen LogP contribution in [0, 0.1) is 19.7 Å². The maximum Gasteiger partial charge on any atom is 0.321 e. The number of anilines is 1. The molecule has 9 heteroatoms. The van der Waals surface area contributed by atoms with Crippen molar-refractivity contribution in [3.8, 4) is 0 Å². The molecule has 0 aliphatic rings. The summed E-state index contributed by atoms with van der Waals surface area (Å²) >= 11 is 0. The van der Waals surface area contributed by atoms with Gasteiger partial charge in [-0.1, -0.05) is 23.8 Å². The number of halogens is 1. The van der Waals surface area contributed by atoms with E-state index in [9.17, 15) is 22.4 Å². The number of ether oxygens (including phenoxy) is 1. The minimum atomic E-state index is -3.86. The molecule has 0 aromatic heterocycles. The Morgan fingerprint density at radius 2 is 1.74 bits per heavy atom. The van der Waals surface area contributed by atoms with E-state index in [1.807, 2.05) is 6.92 Å². The topological polar surface area (TPSA) is 102 Å². The molecule has 2 rings (SSSR count). The average Bonchev–Trinajstić information content (AvgIpc) is 2.62. The van der Waals surface area contributed by atoms with Gasteiger partial charge in [-0.05, 0) is 43.7 Å². The molecule has 27 heavy (non-hydrogen) atoms. The van der Waals surface area contributed by atoms with Crippen LogP contribution in [0.4, 0.5) is 10.1 Å². The third-order valence-corrected chi connectivity index (χ3v) is 4.99. The van der Waals surface area contributed by atoms with Crippen LogP contribution < -0.4 is 10.0 Å². The average molecular weight is 394 g/mol. The molecule has 0 fully saturated rings. The van der Waals surface area contributed by atoms with Crippen LogP contribution >= 0.6 is 0 Å². The summed E-state index contributed by atoms with van der Waals surface area (Å²) in [6.45, 7) is 2.25. The van der Waals surface area contributed by atoms with Gasteiger partial charge in [0.05, 0.1) is 4.90 Å². The Morgan fingerprint density at radius 1 is 1.07 bits per heavy atom. The fourth-order valence-electron chi connectivity index (χ4n) is 2.07. The van der Waals surface area contributed by atoms with Crippen molar-refractivity contribution in [1.82, 2.24) is 4.72 Å². The Labute approximate surface area is 156 Å².